The zero-order chi connectivity index (χ0) is 28.0. The van der Waals surface area contributed by atoms with Gasteiger partial charge in [-0.3, -0.25) is 4.98 Å². The molecule has 8 rings (SSSR count). The molecular formula is C37H22BrN3S. The summed E-state index contributed by atoms with van der Waals surface area (Å²) >= 11 is 5.61. The maximum atomic E-state index is 5.14. The number of nitrogens with zero attached hydrogens (tertiary/aromatic N) is 3. The molecule has 0 amide bonds. The van der Waals surface area contributed by atoms with E-state index in [0.717, 1.165) is 54.6 Å². The molecule has 0 unspecified atom stereocenters. The molecule has 3 aromatic heterocycles. The van der Waals surface area contributed by atoms with Crippen LogP contribution >= 0.6 is 27.3 Å². The Labute approximate surface area is 255 Å². The summed E-state index contributed by atoms with van der Waals surface area (Å²) < 4.78 is 3.50. The van der Waals surface area contributed by atoms with Crippen LogP contribution in [0.4, 0.5) is 0 Å². The highest BCUT2D eigenvalue weighted by atomic mass is 79.9. The molecule has 0 fully saturated rings. The van der Waals surface area contributed by atoms with E-state index in [1.165, 1.54) is 20.2 Å². The second kappa shape index (κ2) is 10.3. The SMILES string of the molecule is Brc1cc(-c2cc(-c3cccc4c3sc3ccccc34)nc(-c3ccccc3)n2)cc(-c2cccc3ncccc23)c1. The molecule has 5 aromatic carbocycles. The van der Waals surface area contributed by atoms with E-state index < -0.39 is 0 Å². The Morgan fingerprint density at radius 3 is 2.19 bits per heavy atom. The number of hydrogen-bond acceptors (Lipinski definition) is 4. The van der Waals surface area contributed by atoms with E-state index in [9.17, 15) is 0 Å². The van der Waals surface area contributed by atoms with Crippen molar-refractivity contribution in [1.82, 2.24) is 15.0 Å². The van der Waals surface area contributed by atoms with Crippen LogP contribution in [-0.2, 0) is 0 Å². The largest absolute Gasteiger partial charge is 0.256 e. The Morgan fingerprint density at radius 2 is 1.26 bits per heavy atom. The summed E-state index contributed by atoms with van der Waals surface area (Å²) in [4.78, 5) is 14.8. The monoisotopic (exact) mass is 619 g/mol. The molecule has 0 aliphatic rings. The number of fused-ring (bicyclic) bond motifs is 4. The smallest absolute Gasteiger partial charge is 0.160 e. The molecule has 0 saturated carbocycles. The lowest BCUT2D eigenvalue weighted by Crippen LogP contribution is -1.96. The lowest BCUT2D eigenvalue weighted by atomic mass is 9.97. The van der Waals surface area contributed by atoms with Crippen molar-refractivity contribution in [3.63, 3.8) is 0 Å². The van der Waals surface area contributed by atoms with Crippen molar-refractivity contribution in [2.75, 3.05) is 0 Å². The quantitative estimate of drug-likeness (QED) is 0.197. The third kappa shape index (κ3) is 4.38. The molecular weight excluding hydrogens is 598 g/mol. The van der Waals surface area contributed by atoms with Crippen molar-refractivity contribution < 1.29 is 0 Å². The van der Waals surface area contributed by atoms with Gasteiger partial charge in [-0.1, -0.05) is 101 Å². The summed E-state index contributed by atoms with van der Waals surface area (Å²) in [6.45, 7) is 0. The first kappa shape index (κ1) is 25.0. The van der Waals surface area contributed by atoms with Crippen LogP contribution in [0.25, 0.3) is 76.1 Å². The van der Waals surface area contributed by atoms with Gasteiger partial charge >= 0.3 is 0 Å². The second-order valence-corrected chi connectivity index (χ2v) is 12.2. The maximum absolute atomic E-state index is 5.14. The van der Waals surface area contributed by atoms with E-state index in [0.29, 0.717) is 5.82 Å². The van der Waals surface area contributed by atoms with E-state index in [-0.39, 0.29) is 0 Å². The average Bonchev–Trinajstić information content (AvgIpc) is 3.43. The van der Waals surface area contributed by atoms with Crippen molar-refractivity contribution in [3.8, 4) is 45.0 Å². The summed E-state index contributed by atoms with van der Waals surface area (Å²) in [6, 6.07) is 44.3. The number of halogens is 1. The molecule has 3 nitrogen and oxygen atoms in total. The van der Waals surface area contributed by atoms with E-state index in [4.69, 9.17) is 9.97 Å². The minimum Gasteiger partial charge on any atom is -0.256 e. The molecule has 0 spiro atoms. The first-order chi connectivity index (χ1) is 20.7. The van der Waals surface area contributed by atoms with Gasteiger partial charge in [0, 0.05) is 52.9 Å². The van der Waals surface area contributed by atoms with E-state index in [2.05, 4.69) is 124 Å². The number of aromatic nitrogens is 3. The third-order valence-corrected chi connectivity index (χ3v) is 9.27. The summed E-state index contributed by atoms with van der Waals surface area (Å²) in [6.07, 6.45) is 1.84. The number of rotatable bonds is 4. The highest BCUT2D eigenvalue weighted by Crippen LogP contribution is 2.41. The molecule has 0 bridgehead atoms. The van der Waals surface area contributed by atoms with Crippen LogP contribution in [0.3, 0.4) is 0 Å². The van der Waals surface area contributed by atoms with Crippen LogP contribution in [0.1, 0.15) is 0 Å². The fourth-order valence-corrected chi connectivity index (χ4v) is 7.36. The first-order valence-electron chi connectivity index (χ1n) is 13.7. The standard InChI is InChI=1S/C37H22BrN3S/c38-26-20-24(27-12-7-16-32-28(27)15-8-18-39-32)19-25(21-26)33-22-34(41-37(40-33)23-9-2-1-3-10-23)31-14-6-13-30-29-11-4-5-17-35(29)42-36(30)31/h1-22H. The zero-order valence-electron chi connectivity index (χ0n) is 22.3. The zero-order valence-corrected chi connectivity index (χ0v) is 24.7. The van der Waals surface area contributed by atoms with Crippen LogP contribution < -0.4 is 0 Å². The summed E-state index contributed by atoms with van der Waals surface area (Å²) in [5.74, 6) is 0.706. The Hall–Kier alpha value is -4.71. The van der Waals surface area contributed by atoms with Crippen LogP contribution in [-0.4, -0.2) is 15.0 Å². The topological polar surface area (TPSA) is 38.7 Å². The number of thiophene rings is 1. The average molecular weight is 621 g/mol. The van der Waals surface area contributed by atoms with Gasteiger partial charge in [0.1, 0.15) is 0 Å². The Morgan fingerprint density at radius 1 is 0.524 bits per heavy atom. The fraction of sp³-hybridized carbons (Fsp3) is 0. The van der Waals surface area contributed by atoms with Gasteiger partial charge in [0.15, 0.2) is 5.82 Å². The van der Waals surface area contributed by atoms with Crippen molar-refractivity contribution in [2.45, 2.75) is 0 Å². The highest BCUT2D eigenvalue weighted by Gasteiger charge is 2.16. The van der Waals surface area contributed by atoms with Crippen LogP contribution in [0, 0.1) is 0 Å². The minimum absolute atomic E-state index is 0.706. The Kier molecular flexibility index (Phi) is 6.13. The molecule has 3 heterocycles. The van der Waals surface area contributed by atoms with Gasteiger partial charge in [0.05, 0.1) is 16.9 Å². The lowest BCUT2D eigenvalue weighted by Gasteiger charge is -2.12. The van der Waals surface area contributed by atoms with E-state index in [1.807, 2.05) is 41.8 Å². The Balaban J connectivity index is 1.36. The molecule has 8 aromatic rings. The van der Waals surface area contributed by atoms with E-state index in [1.54, 1.807) is 0 Å². The molecule has 0 aliphatic heterocycles. The molecule has 0 atom stereocenters. The van der Waals surface area contributed by atoms with Gasteiger partial charge in [-0.15, -0.1) is 11.3 Å². The normalized spacial score (nSPS) is 11.5. The Bertz CT molecular complexity index is 2270. The molecule has 0 radical (unpaired) electrons. The predicted molar refractivity (Wildman–Crippen MR) is 180 cm³/mol. The van der Waals surface area contributed by atoms with Gasteiger partial charge in [-0.05, 0) is 53.6 Å². The van der Waals surface area contributed by atoms with Crippen molar-refractivity contribution in [3.05, 3.63) is 138 Å². The van der Waals surface area contributed by atoms with Gasteiger partial charge in [0.25, 0.3) is 0 Å². The molecule has 0 aliphatic carbocycles. The number of pyridine rings is 1. The van der Waals surface area contributed by atoms with Crippen molar-refractivity contribution in [2.24, 2.45) is 0 Å². The molecule has 42 heavy (non-hydrogen) atoms. The maximum Gasteiger partial charge on any atom is 0.160 e. The van der Waals surface area contributed by atoms with Gasteiger partial charge < -0.3 is 0 Å². The second-order valence-electron chi connectivity index (χ2n) is 10.2. The summed E-state index contributed by atoms with van der Waals surface area (Å²) in [5.41, 5.74) is 8.11. The van der Waals surface area contributed by atoms with E-state index >= 15 is 0 Å². The van der Waals surface area contributed by atoms with Crippen LogP contribution in [0.15, 0.2) is 138 Å². The minimum atomic E-state index is 0.706. The number of hydrogen-bond donors (Lipinski definition) is 0. The third-order valence-electron chi connectivity index (χ3n) is 7.59. The van der Waals surface area contributed by atoms with Gasteiger partial charge in [-0.2, -0.15) is 0 Å². The molecule has 198 valence electrons. The molecule has 5 heteroatoms. The van der Waals surface area contributed by atoms with Crippen LogP contribution in [0.5, 0.6) is 0 Å². The fourth-order valence-electron chi connectivity index (χ4n) is 5.65. The molecule has 0 N–H and O–H groups in total. The van der Waals surface area contributed by atoms with Crippen LogP contribution in [0.2, 0.25) is 0 Å². The van der Waals surface area contributed by atoms with Crippen molar-refractivity contribution >= 4 is 58.3 Å². The highest BCUT2D eigenvalue weighted by molar-refractivity contribution is 9.10. The predicted octanol–water partition coefficient (Wildman–Crippen LogP) is 10.8. The first-order valence-corrected chi connectivity index (χ1v) is 15.3. The van der Waals surface area contributed by atoms with Gasteiger partial charge in [-0.25, -0.2) is 9.97 Å². The number of benzene rings is 5. The molecule has 0 saturated heterocycles. The summed E-state index contributed by atoms with van der Waals surface area (Å²) in [5, 5.41) is 3.65. The van der Waals surface area contributed by atoms with Gasteiger partial charge in [0.2, 0.25) is 0 Å². The lowest BCUT2D eigenvalue weighted by molar-refractivity contribution is 1.18. The summed E-state index contributed by atoms with van der Waals surface area (Å²) in [7, 11) is 0. The van der Waals surface area contributed by atoms with Crippen molar-refractivity contribution in [1.29, 1.82) is 0 Å².